The normalized spacial score (nSPS) is 13.0. The molecule has 1 unspecified atom stereocenters. The van der Waals surface area contributed by atoms with E-state index in [2.05, 4.69) is 4.98 Å². The number of benzene rings is 1. The predicted molar refractivity (Wildman–Crippen MR) is 72.9 cm³/mol. The van der Waals surface area contributed by atoms with Gasteiger partial charge in [-0.3, -0.25) is 4.98 Å². The second-order valence-corrected chi connectivity index (χ2v) is 4.61. The molecule has 1 atom stereocenters. The van der Waals surface area contributed by atoms with E-state index in [1.165, 1.54) is 0 Å². The predicted octanol–water partition coefficient (Wildman–Crippen LogP) is 2.81. The van der Waals surface area contributed by atoms with Crippen LogP contribution in [0.5, 0.6) is 0 Å². The van der Waals surface area contributed by atoms with E-state index in [1.54, 1.807) is 0 Å². The Morgan fingerprint density at radius 3 is 2.75 bits per heavy atom. The molecule has 1 aromatic heterocycles. The second kappa shape index (κ2) is 7.26. The van der Waals surface area contributed by atoms with Crippen molar-refractivity contribution >= 4 is 10.9 Å². The fourth-order valence-corrected chi connectivity index (χ4v) is 1.96. The second-order valence-electron chi connectivity index (χ2n) is 4.61. The number of aliphatic hydroxyl groups is 1. The van der Waals surface area contributed by atoms with Crippen molar-refractivity contribution in [1.82, 2.24) is 4.98 Å². The Labute approximate surface area is 116 Å². The van der Waals surface area contributed by atoms with Crippen molar-refractivity contribution in [3.63, 3.8) is 0 Å². The largest absolute Gasteiger partial charge is 0.393 e. The summed E-state index contributed by atoms with van der Waals surface area (Å²) in [5, 5.41) is 10.9. The Kier molecular flexibility index (Phi) is 5.38. The Bertz CT molecular complexity index is 548. The van der Waals surface area contributed by atoms with Crippen molar-refractivity contribution in [3.8, 4) is 0 Å². The molecule has 1 aromatic carbocycles. The summed E-state index contributed by atoms with van der Waals surface area (Å²) in [5.41, 5.74) is 1.66. The number of rotatable bonds is 7. The average molecular weight is 281 g/mol. The van der Waals surface area contributed by atoms with Gasteiger partial charge >= 0.3 is 0 Å². The third kappa shape index (κ3) is 4.51. The fraction of sp³-hybridized carbons (Fsp3) is 0.400. The monoisotopic (exact) mass is 281 g/mol. The van der Waals surface area contributed by atoms with E-state index in [0.717, 1.165) is 16.6 Å². The number of alkyl halides is 2. The van der Waals surface area contributed by atoms with E-state index >= 15 is 0 Å². The molecule has 0 saturated heterocycles. The van der Waals surface area contributed by atoms with Crippen molar-refractivity contribution < 1.29 is 18.6 Å². The summed E-state index contributed by atoms with van der Waals surface area (Å²) in [5.74, 6) is 0. The van der Waals surface area contributed by atoms with Gasteiger partial charge in [-0.25, -0.2) is 8.78 Å². The summed E-state index contributed by atoms with van der Waals surface area (Å²) in [6.07, 6.45) is -2.39. The third-order valence-corrected chi connectivity index (χ3v) is 2.94. The number of halogens is 2. The number of hydrogen-bond acceptors (Lipinski definition) is 3. The van der Waals surface area contributed by atoms with Gasteiger partial charge in [-0.05, 0) is 18.6 Å². The van der Waals surface area contributed by atoms with Gasteiger partial charge in [0.25, 0.3) is 6.43 Å². The van der Waals surface area contributed by atoms with Crippen molar-refractivity contribution in [2.45, 2.75) is 25.4 Å². The first-order chi connectivity index (χ1) is 9.65. The van der Waals surface area contributed by atoms with Crippen LogP contribution in [0.1, 0.15) is 12.1 Å². The zero-order valence-corrected chi connectivity index (χ0v) is 11.0. The first-order valence-electron chi connectivity index (χ1n) is 6.54. The lowest BCUT2D eigenvalue weighted by atomic mass is 10.1. The van der Waals surface area contributed by atoms with Gasteiger partial charge in [-0.15, -0.1) is 0 Å². The van der Waals surface area contributed by atoms with Crippen LogP contribution in [0.3, 0.4) is 0 Å². The van der Waals surface area contributed by atoms with Gasteiger partial charge in [0.1, 0.15) is 6.61 Å². The van der Waals surface area contributed by atoms with Crippen LogP contribution in [-0.2, 0) is 11.2 Å². The van der Waals surface area contributed by atoms with Gasteiger partial charge in [-0.1, -0.05) is 24.3 Å². The van der Waals surface area contributed by atoms with Gasteiger partial charge in [0.15, 0.2) is 0 Å². The quantitative estimate of drug-likeness (QED) is 0.794. The van der Waals surface area contributed by atoms with Gasteiger partial charge in [0, 0.05) is 24.1 Å². The van der Waals surface area contributed by atoms with E-state index in [4.69, 9.17) is 4.74 Å². The SMILES string of the molecule is OC(CCOCC(F)F)Cc1ccc2ccccc2n1. The maximum Gasteiger partial charge on any atom is 0.261 e. The molecule has 0 fully saturated rings. The fourth-order valence-electron chi connectivity index (χ4n) is 1.96. The van der Waals surface area contributed by atoms with Crippen molar-refractivity contribution in [3.05, 3.63) is 42.1 Å². The Morgan fingerprint density at radius 1 is 1.15 bits per heavy atom. The van der Waals surface area contributed by atoms with E-state index < -0.39 is 19.1 Å². The van der Waals surface area contributed by atoms with Crippen molar-refractivity contribution in [2.24, 2.45) is 0 Å². The van der Waals surface area contributed by atoms with Crippen LogP contribution in [-0.4, -0.2) is 35.8 Å². The number of nitrogens with zero attached hydrogens (tertiary/aromatic N) is 1. The molecule has 0 aliphatic rings. The molecule has 0 spiro atoms. The first-order valence-corrected chi connectivity index (χ1v) is 6.54. The lowest BCUT2D eigenvalue weighted by molar-refractivity contribution is 0.00504. The zero-order valence-electron chi connectivity index (χ0n) is 11.0. The van der Waals surface area contributed by atoms with Crippen LogP contribution in [0, 0.1) is 0 Å². The molecule has 0 aliphatic heterocycles. The minimum atomic E-state index is -2.46. The molecule has 0 amide bonds. The number of fused-ring (bicyclic) bond motifs is 1. The molecule has 108 valence electrons. The zero-order chi connectivity index (χ0) is 14.4. The number of aromatic nitrogens is 1. The summed E-state index contributed by atoms with van der Waals surface area (Å²) in [6.45, 7) is -0.458. The molecule has 2 aromatic rings. The standard InChI is InChI=1S/C15H17F2NO2/c16-15(17)10-20-8-7-13(19)9-12-6-5-11-3-1-2-4-14(11)18-12/h1-6,13,15,19H,7-10H2. The maximum absolute atomic E-state index is 11.9. The van der Waals surface area contributed by atoms with Gasteiger partial charge in [0.05, 0.1) is 11.6 Å². The smallest absolute Gasteiger partial charge is 0.261 e. The number of hydrogen-bond donors (Lipinski definition) is 1. The average Bonchev–Trinajstić information content (AvgIpc) is 2.43. The molecule has 5 heteroatoms. The lowest BCUT2D eigenvalue weighted by Gasteiger charge is -2.11. The van der Waals surface area contributed by atoms with E-state index in [-0.39, 0.29) is 6.61 Å². The molecular weight excluding hydrogens is 264 g/mol. The van der Waals surface area contributed by atoms with Crippen LogP contribution in [0.15, 0.2) is 36.4 Å². The first kappa shape index (κ1) is 14.8. The van der Waals surface area contributed by atoms with E-state index in [1.807, 2.05) is 36.4 Å². The van der Waals surface area contributed by atoms with Crippen LogP contribution in [0.2, 0.25) is 0 Å². The molecule has 1 heterocycles. The topological polar surface area (TPSA) is 42.4 Å². The molecule has 0 aliphatic carbocycles. The summed E-state index contributed by atoms with van der Waals surface area (Å²) < 4.78 is 28.5. The maximum atomic E-state index is 11.9. The van der Waals surface area contributed by atoms with Gasteiger partial charge in [0.2, 0.25) is 0 Å². The molecule has 1 N–H and O–H groups in total. The molecule has 0 bridgehead atoms. The van der Waals surface area contributed by atoms with Crippen LogP contribution in [0.25, 0.3) is 10.9 Å². The number of ether oxygens (including phenoxy) is 1. The van der Waals surface area contributed by atoms with Gasteiger partial charge in [-0.2, -0.15) is 0 Å². The summed E-state index contributed by atoms with van der Waals surface area (Å²) >= 11 is 0. The molecule has 0 saturated carbocycles. The van der Waals surface area contributed by atoms with Crippen molar-refractivity contribution in [1.29, 1.82) is 0 Å². The lowest BCUT2D eigenvalue weighted by Crippen LogP contribution is -2.16. The highest BCUT2D eigenvalue weighted by Crippen LogP contribution is 2.13. The molecule has 20 heavy (non-hydrogen) atoms. The highest BCUT2D eigenvalue weighted by molar-refractivity contribution is 5.78. The Morgan fingerprint density at radius 2 is 1.95 bits per heavy atom. The van der Waals surface area contributed by atoms with Crippen LogP contribution >= 0.6 is 0 Å². The van der Waals surface area contributed by atoms with Gasteiger partial charge < -0.3 is 9.84 Å². The van der Waals surface area contributed by atoms with E-state index in [9.17, 15) is 13.9 Å². The molecule has 3 nitrogen and oxygen atoms in total. The highest BCUT2D eigenvalue weighted by atomic mass is 19.3. The van der Waals surface area contributed by atoms with Crippen LogP contribution < -0.4 is 0 Å². The third-order valence-electron chi connectivity index (χ3n) is 2.94. The number of pyridine rings is 1. The Hall–Kier alpha value is -1.59. The number of aliphatic hydroxyl groups excluding tert-OH is 1. The van der Waals surface area contributed by atoms with Crippen molar-refractivity contribution in [2.75, 3.05) is 13.2 Å². The molecule has 2 rings (SSSR count). The summed E-state index contributed by atoms with van der Waals surface area (Å²) in [6, 6.07) is 11.6. The summed E-state index contributed by atoms with van der Waals surface area (Å²) in [4.78, 5) is 4.45. The minimum Gasteiger partial charge on any atom is -0.393 e. The molecule has 0 radical (unpaired) electrons. The summed E-state index contributed by atoms with van der Waals surface area (Å²) in [7, 11) is 0. The number of para-hydroxylation sites is 1. The van der Waals surface area contributed by atoms with E-state index in [0.29, 0.717) is 12.8 Å². The molecular formula is C15H17F2NO2. The highest BCUT2D eigenvalue weighted by Gasteiger charge is 2.08. The van der Waals surface area contributed by atoms with Crippen LogP contribution in [0.4, 0.5) is 8.78 Å². The Balaban J connectivity index is 1.84. The minimum absolute atomic E-state index is 0.124.